The second-order valence-corrected chi connectivity index (χ2v) is 7.83. The summed E-state index contributed by atoms with van der Waals surface area (Å²) < 4.78 is 0.875. The van der Waals surface area contributed by atoms with Crippen molar-refractivity contribution in [2.75, 3.05) is 13.6 Å². The van der Waals surface area contributed by atoms with Crippen LogP contribution in [0.15, 0.2) is 12.1 Å². The predicted molar refractivity (Wildman–Crippen MR) is 84.8 cm³/mol. The minimum atomic E-state index is 0.182. The summed E-state index contributed by atoms with van der Waals surface area (Å²) in [6.45, 7) is 4.09. The van der Waals surface area contributed by atoms with Crippen LogP contribution < -0.4 is 5.73 Å². The summed E-state index contributed by atoms with van der Waals surface area (Å²) in [5.41, 5.74) is 6.33. The molecule has 1 fully saturated rings. The van der Waals surface area contributed by atoms with Gasteiger partial charge in [0.1, 0.15) is 0 Å². The molecule has 2 atom stereocenters. The second kappa shape index (κ2) is 6.57. The second-order valence-electron chi connectivity index (χ2n) is 6.03. The van der Waals surface area contributed by atoms with Crippen molar-refractivity contribution in [2.45, 2.75) is 51.1 Å². The summed E-state index contributed by atoms with van der Waals surface area (Å²) in [6, 6.07) is 4.12. The zero-order chi connectivity index (χ0) is 13.9. The first-order valence-electron chi connectivity index (χ1n) is 7.21. The molecule has 0 radical (unpaired) electrons. The molecular weight excluding hydrogens is 276 g/mol. The Morgan fingerprint density at radius 2 is 2.21 bits per heavy atom. The lowest BCUT2D eigenvalue weighted by Gasteiger charge is -2.41. The van der Waals surface area contributed by atoms with Crippen LogP contribution >= 0.6 is 22.9 Å². The van der Waals surface area contributed by atoms with E-state index in [1.165, 1.54) is 37.0 Å². The molecule has 2 nitrogen and oxygen atoms in total. The molecule has 0 saturated heterocycles. The third-order valence-electron chi connectivity index (χ3n) is 4.65. The highest BCUT2D eigenvalue weighted by Crippen LogP contribution is 2.35. The average molecular weight is 301 g/mol. The van der Waals surface area contributed by atoms with E-state index in [1.807, 2.05) is 6.07 Å². The SMILES string of the molecule is CC1CCCC(CN)(N(C)Cc2ccc(Cl)s2)CC1. The van der Waals surface area contributed by atoms with Gasteiger partial charge in [-0.25, -0.2) is 0 Å². The largest absolute Gasteiger partial charge is 0.329 e. The normalized spacial score (nSPS) is 28.6. The van der Waals surface area contributed by atoms with Gasteiger partial charge in [0.05, 0.1) is 4.34 Å². The van der Waals surface area contributed by atoms with Gasteiger partial charge in [-0.2, -0.15) is 0 Å². The van der Waals surface area contributed by atoms with Crippen LogP contribution in [0, 0.1) is 5.92 Å². The first kappa shape index (κ1) is 15.3. The molecule has 1 aliphatic carbocycles. The van der Waals surface area contributed by atoms with Crippen LogP contribution in [0.25, 0.3) is 0 Å². The van der Waals surface area contributed by atoms with Gasteiger partial charge in [0.25, 0.3) is 0 Å². The number of thiophene rings is 1. The quantitative estimate of drug-likeness (QED) is 0.847. The van der Waals surface area contributed by atoms with Crippen molar-refractivity contribution in [1.29, 1.82) is 0 Å². The topological polar surface area (TPSA) is 29.3 Å². The first-order valence-corrected chi connectivity index (χ1v) is 8.41. The maximum Gasteiger partial charge on any atom is 0.0931 e. The number of hydrogen-bond donors (Lipinski definition) is 1. The maximum absolute atomic E-state index is 6.15. The Morgan fingerprint density at radius 1 is 1.42 bits per heavy atom. The van der Waals surface area contributed by atoms with Crippen molar-refractivity contribution in [3.63, 3.8) is 0 Å². The summed E-state index contributed by atoms with van der Waals surface area (Å²) in [4.78, 5) is 3.80. The van der Waals surface area contributed by atoms with Crippen molar-refractivity contribution >= 4 is 22.9 Å². The smallest absolute Gasteiger partial charge is 0.0931 e. The maximum atomic E-state index is 6.15. The van der Waals surface area contributed by atoms with E-state index in [1.54, 1.807) is 11.3 Å². The van der Waals surface area contributed by atoms with Crippen LogP contribution in [0.5, 0.6) is 0 Å². The molecule has 19 heavy (non-hydrogen) atoms. The molecule has 0 spiro atoms. The monoisotopic (exact) mass is 300 g/mol. The molecule has 0 bridgehead atoms. The Hall–Kier alpha value is -0.0900. The lowest BCUT2D eigenvalue weighted by molar-refractivity contribution is 0.0997. The van der Waals surface area contributed by atoms with Crippen molar-refractivity contribution in [3.8, 4) is 0 Å². The van der Waals surface area contributed by atoms with E-state index < -0.39 is 0 Å². The number of likely N-dealkylation sites (N-methyl/N-ethyl adjacent to an activating group) is 1. The molecule has 4 heteroatoms. The van der Waals surface area contributed by atoms with Crippen molar-refractivity contribution < 1.29 is 0 Å². The van der Waals surface area contributed by atoms with Crippen molar-refractivity contribution in [3.05, 3.63) is 21.3 Å². The molecule has 2 unspecified atom stereocenters. The van der Waals surface area contributed by atoms with Gasteiger partial charge in [-0.3, -0.25) is 4.90 Å². The molecule has 2 rings (SSSR count). The molecule has 108 valence electrons. The summed E-state index contributed by atoms with van der Waals surface area (Å²) in [7, 11) is 2.22. The van der Waals surface area contributed by atoms with Crippen LogP contribution in [0.3, 0.4) is 0 Å². The van der Waals surface area contributed by atoms with E-state index >= 15 is 0 Å². The van der Waals surface area contributed by atoms with E-state index in [-0.39, 0.29) is 5.54 Å². The molecule has 0 amide bonds. The molecule has 1 aromatic heterocycles. The van der Waals surface area contributed by atoms with Gasteiger partial charge in [-0.15, -0.1) is 11.3 Å². The Morgan fingerprint density at radius 3 is 2.84 bits per heavy atom. The van der Waals surface area contributed by atoms with E-state index in [0.29, 0.717) is 0 Å². The Balaban J connectivity index is 2.06. The fourth-order valence-electron chi connectivity index (χ4n) is 3.14. The number of nitrogens with zero attached hydrogens (tertiary/aromatic N) is 1. The van der Waals surface area contributed by atoms with Crippen molar-refractivity contribution in [1.82, 2.24) is 4.90 Å². The lowest BCUT2D eigenvalue weighted by atomic mass is 9.88. The Kier molecular flexibility index (Phi) is 5.29. The number of nitrogens with two attached hydrogens (primary N) is 1. The molecular formula is C15H25ClN2S. The molecule has 1 heterocycles. The summed E-state index contributed by atoms with van der Waals surface area (Å²) >= 11 is 7.70. The van der Waals surface area contributed by atoms with Gasteiger partial charge >= 0.3 is 0 Å². The van der Waals surface area contributed by atoms with Gasteiger partial charge in [-0.05, 0) is 44.4 Å². The van der Waals surface area contributed by atoms with E-state index in [9.17, 15) is 0 Å². The van der Waals surface area contributed by atoms with E-state index in [0.717, 1.165) is 23.3 Å². The minimum absolute atomic E-state index is 0.182. The van der Waals surface area contributed by atoms with Crippen molar-refractivity contribution in [2.24, 2.45) is 11.7 Å². The van der Waals surface area contributed by atoms with Gasteiger partial charge in [-0.1, -0.05) is 31.4 Å². The third kappa shape index (κ3) is 3.72. The van der Waals surface area contributed by atoms with Crippen LogP contribution in [-0.2, 0) is 6.54 Å². The highest BCUT2D eigenvalue weighted by Gasteiger charge is 2.34. The Labute approximate surface area is 125 Å². The Bertz CT molecular complexity index is 407. The highest BCUT2D eigenvalue weighted by molar-refractivity contribution is 7.16. The minimum Gasteiger partial charge on any atom is -0.329 e. The summed E-state index contributed by atoms with van der Waals surface area (Å²) in [5, 5.41) is 0. The average Bonchev–Trinajstić information content (AvgIpc) is 2.68. The van der Waals surface area contributed by atoms with Gasteiger partial charge < -0.3 is 5.73 Å². The number of rotatable bonds is 4. The lowest BCUT2D eigenvalue weighted by Crippen LogP contribution is -2.51. The molecule has 1 aliphatic rings. The third-order valence-corrected chi connectivity index (χ3v) is 5.87. The van der Waals surface area contributed by atoms with Crippen LogP contribution in [0.2, 0.25) is 4.34 Å². The molecule has 2 N–H and O–H groups in total. The highest BCUT2D eigenvalue weighted by atomic mass is 35.5. The van der Waals surface area contributed by atoms with E-state index in [2.05, 4.69) is 24.9 Å². The van der Waals surface area contributed by atoms with E-state index in [4.69, 9.17) is 17.3 Å². The molecule has 0 aromatic carbocycles. The fraction of sp³-hybridized carbons (Fsp3) is 0.733. The summed E-state index contributed by atoms with van der Waals surface area (Å²) in [6.07, 6.45) is 6.39. The molecule has 1 saturated carbocycles. The summed E-state index contributed by atoms with van der Waals surface area (Å²) in [5.74, 6) is 0.845. The first-order chi connectivity index (χ1) is 9.05. The zero-order valence-electron chi connectivity index (χ0n) is 12.0. The molecule has 0 aliphatic heterocycles. The number of hydrogen-bond acceptors (Lipinski definition) is 3. The molecule has 1 aromatic rings. The fourth-order valence-corrected chi connectivity index (χ4v) is 4.28. The van der Waals surface area contributed by atoms with Crippen LogP contribution in [0.4, 0.5) is 0 Å². The van der Waals surface area contributed by atoms with Crippen LogP contribution in [0.1, 0.15) is 43.9 Å². The van der Waals surface area contributed by atoms with Gasteiger partial charge in [0, 0.05) is 23.5 Å². The predicted octanol–water partition coefficient (Wildman–Crippen LogP) is 4.13. The standard InChI is InChI=1S/C15H25ClN2S/c1-12-4-3-8-15(11-17,9-7-12)18(2)10-13-5-6-14(16)19-13/h5-6,12H,3-4,7-11,17H2,1-2H3. The van der Waals surface area contributed by atoms with Crippen LogP contribution in [-0.4, -0.2) is 24.0 Å². The van der Waals surface area contributed by atoms with Gasteiger partial charge in [0.15, 0.2) is 0 Å². The van der Waals surface area contributed by atoms with Gasteiger partial charge in [0.2, 0.25) is 0 Å². The number of halogens is 1. The zero-order valence-corrected chi connectivity index (χ0v) is 13.6.